The molecule has 3 aromatic carbocycles. The van der Waals surface area contributed by atoms with Crippen molar-refractivity contribution in [1.82, 2.24) is 4.90 Å². The van der Waals surface area contributed by atoms with E-state index in [2.05, 4.69) is 39.8 Å². The molecule has 0 saturated carbocycles. The Morgan fingerprint density at radius 2 is 1.45 bits per heavy atom. The minimum Gasteiger partial charge on any atom is -0.326 e. The number of halogens is 1. The van der Waals surface area contributed by atoms with Gasteiger partial charge in [-0.25, -0.2) is 0 Å². The van der Waals surface area contributed by atoms with E-state index >= 15 is 0 Å². The number of benzene rings is 3. The minimum atomic E-state index is -0.0628. The number of carbonyl (C=O) groups excluding carboxylic acids is 2. The van der Waals surface area contributed by atoms with Crippen LogP contribution in [0.2, 0.25) is 0 Å². The predicted molar refractivity (Wildman–Crippen MR) is 126 cm³/mol. The molecular formula is C25H26ClN3O2. The van der Waals surface area contributed by atoms with E-state index in [0.29, 0.717) is 25.9 Å². The average molecular weight is 436 g/mol. The van der Waals surface area contributed by atoms with Gasteiger partial charge in [-0.2, -0.15) is 0 Å². The molecule has 0 bridgehead atoms. The van der Waals surface area contributed by atoms with E-state index in [4.69, 9.17) is 0 Å². The van der Waals surface area contributed by atoms with E-state index in [0.717, 1.165) is 16.9 Å². The first-order valence-corrected chi connectivity index (χ1v) is 10.2. The molecule has 1 heterocycles. The number of nitrogens with zero attached hydrogens (tertiary/aromatic N) is 1. The smallest absolute Gasteiger partial charge is 0.238 e. The van der Waals surface area contributed by atoms with Crippen LogP contribution in [0.1, 0.15) is 23.1 Å². The summed E-state index contributed by atoms with van der Waals surface area (Å²) in [6, 6.07) is 26.0. The lowest BCUT2D eigenvalue weighted by molar-refractivity contribution is -0.117. The first-order chi connectivity index (χ1) is 14.7. The van der Waals surface area contributed by atoms with Gasteiger partial charge in [-0.1, -0.05) is 66.7 Å². The summed E-state index contributed by atoms with van der Waals surface area (Å²) in [5.41, 5.74) is 4.89. The van der Waals surface area contributed by atoms with Crippen molar-refractivity contribution in [3.8, 4) is 0 Å². The molecule has 2 N–H and O–H groups in total. The Morgan fingerprint density at radius 1 is 0.839 bits per heavy atom. The van der Waals surface area contributed by atoms with Crippen LogP contribution in [0.4, 0.5) is 11.4 Å². The molecule has 5 nitrogen and oxygen atoms in total. The maximum atomic E-state index is 12.9. The largest absolute Gasteiger partial charge is 0.326 e. The normalized spacial score (nSPS) is 12.5. The van der Waals surface area contributed by atoms with Gasteiger partial charge in [-0.3, -0.25) is 14.5 Å². The van der Waals surface area contributed by atoms with Gasteiger partial charge in [0.05, 0.1) is 6.54 Å². The van der Waals surface area contributed by atoms with Gasteiger partial charge in [0.15, 0.2) is 0 Å². The van der Waals surface area contributed by atoms with Gasteiger partial charge in [0.2, 0.25) is 11.8 Å². The van der Waals surface area contributed by atoms with Crippen molar-refractivity contribution >= 4 is 35.6 Å². The number of hydrogen-bond donors (Lipinski definition) is 2. The Labute approximate surface area is 188 Å². The fourth-order valence-electron chi connectivity index (χ4n) is 3.79. The number of nitrogens with one attached hydrogen (secondary N) is 2. The molecule has 2 amide bonds. The first-order valence-electron chi connectivity index (χ1n) is 10.2. The van der Waals surface area contributed by atoms with Gasteiger partial charge in [0.25, 0.3) is 0 Å². The van der Waals surface area contributed by atoms with Gasteiger partial charge in [-0.05, 0) is 35.2 Å². The first kappa shape index (κ1) is 22.5. The molecule has 160 valence electrons. The molecule has 0 aliphatic carbocycles. The van der Waals surface area contributed by atoms with E-state index < -0.39 is 0 Å². The number of fused-ring (bicyclic) bond motifs is 1. The zero-order chi connectivity index (χ0) is 20.8. The highest BCUT2D eigenvalue weighted by atomic mass is 35.5. The van der Waals surface area contributed by atoms with Crippen molar-refractivity contribution in [3.63, 3.8) is 0 Å². The van der Waals surface area contributed by atoms with Crippen molar-refractivity contribution in [3.05, 3.63) is 95.6 Å². The molecule has 1 aliphatic heterocycles. The Kier molecular flexibility index (Phi) is 7.82. The lowest BCUT2D eigenvalue weighted by atomic mass is 10.0. The van der Waals surface area contributed by atoms with E-state index in [9.17, 15) is 9.59 Å². The maximum absolute atomic E-state index is 12.9. The molecular weight excluding hydrogens is 410 g/mol. The number of carbonyl (C=O) groups is 2. The Balaban J connectivity index is 0.00000272. The lowest BCUT2D eigenvalue weighted by Crippen LogP contribution is -2.33. The summed E-state index contributed by atoms with van der Waals surface area (Å²) in [6.45, 7) is 1.65. The van der Waals surface area contributed by atoms with E-state index in [-0.39, 0.29) is 30.8 Å². The van der Waals surface area contributed by atoms with Crippen LogP contribution >= 0.6 is 12.4 Å². The third kappa shape index (κ3) is 6.17. The van der Waals surface area contributed by atoms with Gasteiger partial charge in [0, 0.05) is 30.9 Å². The summed E-state index contributed by atoms with van der Waals surface area (Å²) in [4.78, 5) is 26.7. The predicted octanol–water partition coefficient (Wildman–Crippen LogP) is 4.63. The molecule has 0 radical (unpaired) electrons. The second kappa shape index (κ2) is 10.8. The van der Waals surface area contributed by atoms with Crippen LogP contribution in [0.3, 0.4) is 0 Å². The highest BCUT2D eigenvalue weighted by Gasteiger charge is 2.19. The Morgan fingerprint density at radius 3 is 2.06 bits per heavy atom. The summed E-state index contributed by atoms with van der Waals surface area (Å²) >= 11 is 0. The molecule has 4 rings (SSSR count). The summed E-state index contributed by atoms with van der Waals surface area (Å²) in [5.74, 6) is -0.0463. The van der Waals surface area contributed by atoms with Crippen LogP contribution in [0.15, 0.2) is 78.9 Å². The Bertz CT molecular complexity index is 984. The zero-order valence-electron chi connectivity index (χ0n) is 17.2. The van der Waals surface area contributed by atoms with Crippen molar-refractivity contribution in [2.45, 2.75) is 25.9 Å². The molecule has 31 heavy (non-hydrogen) atoms. The molecule has 6 heteroatoms. The van der Waals surface area contributed by atoms with Crippen molar-refractivity contribution < 1.29 is 9.59 Å². The molecule has 0 fully saturated rings. The zero-order valence-corrected chi connectivity index (χ0v) is 18.0. The molecule has 0 aromatic heterocycles. The molecule has 1 aliphatic rings. The fraction of sp³-hybridized carbons (Fsp3) is 0.200. The maximum Gasteiger partial charge on any atom is 0.238 e. The lowest BCUT2D eigenvalue weighted by Gasteiger charge is -2.24. The summed E-state index contributed by atoms with van der Waals surface area (Å²) in [7, 11) is 0. The fourth-order valence-corrected chi connectivity index (χ4v) is 3.79. The number of hydrogen-bond acceptors (Lipinski definition) is 3. The third-order valence-corrected chi connectivity index (χ3v) is 5.19. The summed E-state index contributed by atoms with van der Waals surface area (Å²) in [6.07, 6.45) is 1.07. The van der Waals surface area contributed by atoms with Gasteiger partial charge in [0.1, 0.15) is 0 Å². The van der Waals surface area contributed by atoms with Crippen molar-refractivity contribution in [2.75, 3.05) is 17.2 Å². The highest BCUT2D eigenvalue weighted by molar-refractivity contribution is 5.98. The van der Waals surface area contributed by atoms with Crippen LogP contribution in [0.25, 0.3) is 0 Å². The van der Waals surface area contributed by atoms with Crippen LogP contribution in [0.5, 0.6) is 0 Å². The molecule has 0 spiro atoms. The second-order valence-electron chi connectivity index (χ2n) is 7.54. The van der Waals surface area contributed by atoms with Crippen molar-refractivity contribution in [1.29, 1.82) is 0 Å². The monoisotopic (exact) mass is 435 g/mol. The second-order valence-corrected chi connectivity index (χ2v) is 7.54. The molecule has 0 saturated heterocycles. The topological polar surface area (TPSA) is 61.4 Å². The minimum absolute atomic E-state index is 0. The van der Waals surface area contributed by atoms with Crippen LogP contribution in [0, 0.1) is 0 Å². The van der Waals surface area contributed by atoms with Crippen LogP contribution in [-0.4, -0.2) is 23.3 Å². The van der Waals surface area contributed by atoms with E-state index in [1.165, 1.54) is 11.1 Å². The number of anilines is 2. The van der Waals surface area contributed by atoms with Crippen LogP contribution in [-0.2, 0) is 29.1 Å². The summed E-state index contributed by atoms with van der Waals surface area (Å²) < 4.78 is 0. The van der Waals surface area contributed by atoms with Gasteiger partial charge >= 0.3 is 0 Å². The van der Waals surface area contributed by atoms with E-state index in [1.807, 2.05) is 54.6 Å². The number of amides is 2. The average Bonchev–Trinajstić information content (AvgIpc) is 2.75. The Hall–Kier alpha value is -3.15. The van der Waals surface area contributed by atoms with Gasteiger partial charge in [-0.15, -0.1) is 12.4 Å². The van der Waals surface area contributed by atoms with Gasteiger partial charge < -0.3 is 10.6 Å². The quantitative estimate of drug-likeness (QED) is 0.568. The molecule has 0 unspecified atom stereocenters. The standard InChI is InChI=1S/C25H25N3O2.ClH/c29-24-15-14-21-22(26-24)12-7-13-23(21)27-25(30)18-28(16-19-8-3-1-4-9-19)17-20-10-5-2-6-11-20;/h1-13H,14-18H2,(H,26,29)(H,27,30);1H. The SMILES string of the molecule is Cl.O=C1CCc2c(cccc2NC(=O)CN(Cc2ccccc2)Cc2ccccc2)N1. The summed E-state index contributed by atoms with van der Waals surface area (Å²) in [5, 5.41) is 5.93. The molecule has 0 atom stereocenters. The van der Waals surface area contributed by atoms with E-state index in [1.54, 1.807) is 0 Å². The highest BCUT2D eigenvalue weighted by Crippen LogP contribution is 2.29. The number of rotatable bonds is 7. The van der Waals surface area contributed by atoms with Crippen molar-refractivity contribution in [2.24, 2.45) is 0 Å². The third-order valence-electron chi connectivity index (χ3n) is 5.19. The van der Waals surface area contributed by atoms with Crippen LogP contribution < -0.4 is 10.6 Å². The molecule has 3 aromatic rings.